The van der Waals surface area contributed by atoms with Crippen LogP contribution in [0.25, 0.3) is 0 Å². The first kappa shape index (κ1) is 13.7. The molecule has 0 amide bonds. The van der Waals surface area contributed by atoms with Crippen LogP contribution in [-0.4, -0.2) is 30.1 Å². The maximum Gasteiger partial charge on any atom is 0.0465 e. The number of nitrogens with zero attached hydrogens (tertiary/aromatic N) is 1. The lowest BCUT2D eigenvalue weighted by Crippen LogP contribution is -2.46. The molecule has 0 spiro atoms. The van der Waals surface area contributed by atoms with Gasteiger partial charge in [-0.1, -0.05) is 29.3 Å². The first-order chi connectivity index (χ1) is 9.11. The highest BCUT2D eigenvalue weighted by atomic mass is 35.5. The van der Waals surface area contributed by atoms with Crippen LogP contribution in [0.3, 0.4) is 0 Å². The highest BCUT2D eigenvalue weighted by Crippen LogP contribution is 2.30. The van der Waals surface area contributed by atoms with E-state index in [9.17, 15) is 0 Å². The van der Waals surface area contributed by atoms with Crippen LogP contribution >= 0.6 is 23.2 Å². The fraction of sp³-hybridized carbons (Fsp3) is 0.600. The third-order valence-corrected chi connectivity index (χ3v) is 5.09. The van der Waals surface area contributed by atoms with Gasteiger partial charge < -0.3 is 5.32 Å². The molecule has 2 aliphatic rings. The number of fused-ring (bicyclic) bond motifs is 2. The van der Waals surface area contributed by atoms with E-state index in [1.807, 2.05) is 18.2 Å². The molecule has 19 heavy (non-hydrogen) atoms. The van der Waals surface area contributed by atoms with Gasteiger partial charge in [-0.25, -0.2) is 0 Å². The molecule has 2 heterocycles. The van der Waals surface area contributed by atoms with E-state index in [0.29, 0.717) is 11.1 Å². The van der Waals surface area contributed by atoms with Gasteiger partial charge in [-0.15, -0.1) is 0 Å². The highest BCUT2D eigenvalue weighted by molar-refractivity contribution is 6.35. The van der Waals surface area contributed by atoms with Crippen molar-refractivity contribution in [1.29, 1.82) is 0 Å². The third kappa shape index (κ3) is 3.08. The smallest absolute Gasteiger partial charge is 0.0465 e. The molecule has 0 saturated carbocycles. The second-order valence-corrected chi connectivity index (χ2v) is 6.76. The van der Waals surface area contributed by atoms with E-state index < -0.39 is 0 Å². The molecule has 2 fully saturated rings. The van der Waals surface area contributed by atoms with Crippen LogP contribution in [0.4, 0.5) is 0 Å². The summed E-state index contributed by atoms with van der Waals surface area (Å²) in [6.45, 7) is 0.903. The van der Waals surface area contributed by atoms with Gasteiger partial charge >= 0.3 is 0 Å². The lowest BCUT2D eigenvalue weighted by atomic mass is 9.98. The predicted molar refractivity (Wildman–Crippen MR) is 80.9 cm³/mol. The van der Waals surface area contributed by atoms with Crippen LogP contribution in [-0.2, 0) is 6.54 Å². The Kier molecular flexibility index (Phi) is 4.04. The molecule has 2 aliphatic heterocycles. The van der Waals surface area contributed by atoms with Gasteiger partial charge in [0, 0.05) is 34.7 Å². The topological polar surface area (TPSA) is 15.3 Å². The van der Waals surface area contributed by atoms with Gasteiger partial charge in [0.25, 0.3) is 0 Å². The van der Waals surface area contributed by atoms with Crippen molar-refractivity contribution in [3.8, 4) is 0 Å². The molecule has 2 bridgehead atoms. The Morgan fingerprint density at radius 3 is 2.53 bits per heavy atom. The van der Waals surface area contributed by atoms with Crippen molar-refractivity contribution in [2.24, 2.45) is 0 Å². The quantitative estimate of drug-likeness (QED) is 0.915. The Hall–Kier alpha value is -0.280. The molecule has 2 nitrogen and oxygen atoms in total. The maximum absolute atomic E-state index is 6.26. The fourth-order valence-corrected chi connectivity index (χ4v) is 3.90. The van der Waals surface area contributed by atoms with Crippen molar-refractivity contribution in [3.05, 3.63) is 33.8 Å². The van der Waals surface area contributed by atoms with Crippen LogP contribution in [0.2, 0.25) is 10.0 Å². The van der Waals surface area contributed by atoms with Crippen molar-refractivity contribution >= 4 is 23.2 Å². The normalized spacial score (nSPS) is 30.0. The molecule has 0 radical (unpaired) electrons. The number of piperidine rings is 1. The summed E-state index contributed by atoms with van der Waals surface area (Å²) in [6.07, 6.45) is 5.21. The van der Waals surface area contributed by atoms with E-state index in [2.05, 4.69) is 17.3 Å². The second-order valence-electron chi connectivity index (χ2n) is 5.91. The zero-order valence-electron chi connectivity index (χ0n) is 11.2. The average Bonchev–Trinajstić information content (AvgIpc) is 2.71. The monoisotopic (exact) mass is 298 g/mol. The van der Waals surface area contributed by atoms with Gasteiger partial charge in [0.05, 0.1) is 0 Å². The Bertz CT molecular complexity index is 451. The number of hydrogen-bond acceptors (Lipinski definition) is 2. The van der Waals surface area contributed by atoms with Crippen LogP contribution < -0.4 is 5.32 Å². The van der Waals surface area contributed by atoms with E-state index in [4.69, 9.17) is 23.2 Å². The molecule has 0 aromatic heterocycles. The summed E-state index contributed by atoms with van der Waals surface area (Å²) in [6, 6.07) is 7.92. The predicted octanol–water partition coefficient (Wildman–Crippen LogP) is 3.71. The van der Waals surface area contributed by atoms with Crippen LogP contribution in [0.15, 0.2) is 18.2 Å². The van der Waals surface area contributed by atoms with E-state index in [-0.39, 0.29) is 0 Å². The third-order valence-electron chi connectivity index (χ3n) is 4.51. The molecule has 1 N–H and O–H groups in total. The molecule has 2 unspecified atom stereocenters. The van der Waals surface area contributed by atoms with Crippen LogP contribution in [0.1, 0.15) is 31.2 Å². The van der Waals surface area contributed by atoms with Crippen molar-refractivity contribution in [1.82, 2.24) is 10.2 Å². The molecule has 1 aromatic carbocycles. The van der Waals surface area contributed by atoms with Crippen molar-refractivity contribution in [2.75, 3.05) is 7.05 Å². The number of hydrogen-bond donors (Lipinski definition) is 1. The largest absolute Gasteiger partial charge is 0.311 e. The first-order valence-corrected chi connectivity index (χ1v) is 7.77. The van der Waals surface area contributed by atoms with E-state index in [1.165, 1.54) is 31.2 Å². The number of rotatable bonds is 3. The molecule has 3 rings (SSSR count). The number of nitrogens with one attached hydrogen (secondary N) is 1. The molecular weight excluding hydrogens is 279 g/mol. The van der Waals surface area contributed by atoms with Crippen molar-refractivity contribution < 1.29 is 0 Å². The molecule has 4 heteroatoms. The van der Waals surface area contributed by atoms with Gasteiger partial charge in [-0.3, -0.25) is 4.90 Å². The van der Waals surface area contributed by atoms with Gasteiger partial charge in [0.15, 0.2) is 0 Å². The van der Waals surface area contributed by atoms with Gasteiger partial charge in [0.2, 0.25) is 0 Å². The SMILES string of the molecule is CN(Cc1ccc(Cl)cc1Cl)C1CC2CCC(C1)N2. The Morgan fingerprint density at radius 2 is 1.89 bits per heavy atom. The summed E-state index contributed by atoms with van der Waals surface area (Å²) in [5.74, 6) is 0. The summed E-state index contributed by atoms with van der Waals surface area (Å²) in [4.78, 5) is 2.45. The molecule has 2 atom stereocenters. The van der Waals surface area contributed by atoms with E-state index in [1.54, 1.807) is 0 Å². The minimum absolute atomic E-state index is 0.672. The maximum atomic E-state index is 6.26. The fourth-order valence-electron chi connectivity index (χ4n) is 3.43. The molecule has 1 aromatic rings. The average molecular weight is 299 g/mol. The summed E-state index contributed by atoms with van der Waals surface area (Å²) in [5.41, 5.74) is 1.17. The standard InChI is InChI=1S/C15H20Cl2N2/c1-19(9-10-2-3-11(16)6-15(10)17)14-7-12-4-5-13(8-14)18-12/h2-3,6,12-14,18H,4-5,7-9H2,1H3. The van der Waals surface area contributed by atoms with Gasteiger partial charge in [-0.2, -0.15) is 0 Å². The van der Waals surface area contributed by atoms with Crippen LogP contribution in [0, 0.1) is 0 Å². The molecule has 0 aliphatic carbocycles. The molecule has 2 saturated heterocycles. The summed E-state index contributed by atoms with van der Waals surface area (Å²) in [5, 5.41) is 5.17. The Labute approximate surface area is 125 Å². The van der Waals surface area contributed by atoms with Crippen LogP contribution in [0.5, 0.6) is 0 Å². The minimum atomic E-state index is 0.672. The zero-order valence-corrected chi connectivity index (χ0v) is 12.7. The molecular formula is C15H20Cl2N2. The van der Waals surface area contributed by atoms with E-state index in [0.717, 1.165) is 23.7 Å². The van der Waals surface area contributed by atoms with Crippen molar-refractivity contribution in [3.63, 3.8) is 0 Å². The lowest BCUT2D eigenvalue weighted by molar-refractivity contribution is 0.166. The Balaban J connectivity index is 1.66. The minimum Gasteiger partial charge on any atom is -0.311 e. The van der Waals surface area contributed by atoms with Gasteiger partial charge in [0.1, 0.15) is 0 Å². The first-order valence-electron chi connectivity index (χ1n) is 7.02. The van der Waals surface area contributed by atoms with E-state index >= 15 is 0 Å². The highest BCUT2D eigenvalue weighted by Gasteiger charge is 2.34. The van der Waals surface area contributed by atoms with Crippen molar-refractivity contribution in [2.45, 2.75) is 50.4 Å². The second kappa shape index (κ2) is 5.61. The summed E-state index contributed by atoms with van der Waals surface area (Å²) >= 11 is 12.2. The number of halogens is 2. The summed E-state index contributed by atoms with van der Waals surface area (Å²) in [7, 11) is 2.21. The zero-order chi connectivity index (χ0) is 13.4. The number of benzene rings is 1. The lowest BCUT2D eigenvalue weighted by Gasteiger charge is -2.35. The van der Waals surface area contributed by atoms with Gasteiger partial charge in [-0.05, 0) is 50.4 Å². The molecule has 104 valence electrons. The Morgan fingerprint density at radius 1 is 1.21 bits per heavy atom. The summed E-state index contributed by atoms with van der Waals surface area (Å²) < 4.78 is 0.